The summed E-state index contributed by atoms with van der Waals surface area (Å²) in [5, 5.41) is 20.6. The third-order valence-corrected chi connectivity index (χ3v) is 7.42. The normalized spacial score (nSPS) is 12.3. The molecule has 0 bridgehead atoms. The van der Waals surface area contributed by atoms with E-state index in [1.54, 1.807) is 24.3 Å². The van der Waals surface area contributed by atoms with Gasteiger partial charge in [-0.2, -0.15) is 0 Å². The molecule has 3 rings (SSSR count). The van der Waals surface area contributed by atoms with Crippen molar-refractivity contribution < 1.29 is 23.4 Å². The highest BCUT2D eigenvalue weighted by Crippen LogP contribution is 2.32. The molecule has 37 heavy (non-hydrogen) atoms. The molecular weight excluding hydrogens is 490 g/mol. The summed E-state index contributed by atoms with van der Waals surface area (Å²) in [7, 11) is -3.99. The Hall–Kier alpha value is -3.72. The second-order valence-electron chi connectivity index (χ2n) is 9.84. The molecule has 0 spiro atoms. The molecule has 0 aromatic heterocycles. The van der Waals surface area contributed by atoms with E-state index in [2.05, 4.69) is 4.72 Å². The number of anilines is 2. The molecule has 0 aliphatic rings. The highest BCUT2D eigenvalue weighted by Gasteiger charge is 2.23. The number of rotatable bonds is 11. The number of sulfonamides is 1. The van der Waals surface area contributed by atoms with Crippen LogP contribution in [0, 0.1) is 11.8 Å². The summed E-state index contributed by atoms with van der Waals surface area (Å²) in [6.45, 7) is 6.39. The highest BCUT2D eigenvalue weighted by atomic mass is 32.2. The number of benzene rings is 3. The van der Waals surface area contributed by atoms with Gasteiger partial charge in [0.05, 0.1) is 10.6 Å². The van der Waals surface area contributed by atoms with Crippen molar-refractivity contribution in [2.45, 2.75) is 45.1 Å². The average Bonchev–Trinajstić information content (AvgIpc) is 2.81. The van der Waals surface area contributed by atoms with Crippen molar-refractivity contribution in [1.82, 2.24) is 4.90 Å². The number of amides is 1. The van der Waals surface area contributed by atoms with Gasteiger partial charge in [-0.25, -0.2) is 13.2 Å². The number of carbonyl (C=O) groups is 1. The Bertz CT molecular complexity index is 1330. The number of carboxylic acid groups (broad SMARTS) is 1. The molecule has 0 unspecified atom stereocenters. The van der Waals surface area contributed by atoms with Crippen LogP contribution < -0.4 is 10.5 Å². The van der Waals surface area contributed by atoms with E-state index in [0.717, 1.165) is 5.56 Å². The Morgan fingerprint density at radius 2 is 1.68 bits per heavy atom. The lowest BCUT2D eigenvalue weighted by atomic mass is 9.99. The maximum absolute atomic E-state index is 13.3. The molecule has 0 saturated heterocycles. The van der Waals surface area contributed by atoms with E-state index in [1.165, 1.54) is 17.0 Å². The lowest BCUT2D eigenvalue weighted by Gasteiger charge is -2.24. The highest BCUT2D eigenvalue weighted by molar-refractivity contribution is 7.92. The van der Waals surface area contributed by atoms with Crippen molar-refractivity contribution in [3.05, 3.63) is 83.4 Å². The average molecular weight is 526 g/mol. The zero-order valence-corrected chi connectivity index (χ0v) is 22.2. The lowest BCUT2D eigenvalue weighted by Crippen LogP contribution is -2.33. The minimum Gasteiger partial charge on any atom is -0.505 e. The zero-order valence-electron chi connectivity index (χ0n) is 21.4. The van der Waals surface area contributed by atoms with E-state index in [9.17, 15) is 23.4 Å². The minimum absolute atomic E-state index is 0.0661. The third-order valence-electron chi connectivity index (χ3n) is 5.95. The van der Waals surface area contributed by atoms with Gasteiger partial charge in [-0.15, -0.1) is 0 Å². The molecule has 0 fully saturated rings. The molecule has 1 amide bonds. The summed E-state index contributed by atoms with van der Waals surface area (Å²) in [4.78, 5) is 13.3. The van der Waals surface area contributed by atoms with Crippen molar-refractivity contribution in [2.75, 3.05) is 17.0 Å². The molecule has 0 radical (unpaired) electrons. The van der Waals surface area contributed by atoms with E-state index in [0.29, 0.717) is 29.7 Å². The van der Waals surface area contributed by atoms with Gasteiger partial charge < -0.3 is 20.8 Å². The quantitative estimate of drug-likeness (QED) is 0.197. The van der Waals surface area contributed by atoms with Crippen molar-refractivity contribution >= 4 is 27.5 Å². The van der Waals surface area contributed by atoms with Crippen LogP contribution in [0.25, 0.3) is 0 Å². The molecular formula is C28H35N3O5S. The van der Waals surface area contributed by atoms with Gasteiger partial charge in [0, 0.05) is 18.8 Å². The van der Waals surface area contributed by atoms with Crippen molar-refractivity contribution in [1.29, 1.82) is 0 Å². The van der Waals surface area contributed by atoms with E-state index >= 15 is 0 Å². The van der Waals surface area contributed by atoms with Gasteiger partial charge in [0.1, 0.15) is 5.75 Å². The first kappa shape index (κ1) is 27.9. The number of aromatic hydroxyl groups is 1. The zero-order chi connectivity index (χ0) is 27.2. The van der Waals surface area contributed by atoms with Crippen LogP contribution in [0.3, 0.4) is 0 Å². The molecule has 5 N–H and O–H groups in total. The van der Waals surface area contributed by atoms with E-state index in [-0.39, 0.29) is 41.3 Å². The monoisotopic (exact) mass is 525 g/mol. The summed E-state index contributed by atoms with van der Waals surface area (Å²) < 4.78 is 29.0. The first-order valence-electron chi connectivity index (χ1n) is 12.2. The second-order valence-corrected chi connectivity index (χ2v) is 11.5. The molecule has 0 aliphatic heterocycles. The number of phenolic OH excluding ortho intramolecular Hbond substituents is 1. The molecule has 0 aliphatic carbocycles. The van der Waals surface area contributed by atoms with Gasteiger partial charge in [-0.3, -0.25) is 4.72 Å². The summed E-state index contributed by atoms with van der Waals surface area (Å²) in [6, 6.07) is 18.9. The second kappa shape index (κ2) is 12.0. The van der Waals surface area contributed by atoms with Crippen molar-refractivity contribution in [3.63, 3.8) is 0 Å². The summed E-state index contributed by atoms with van der Waals surface area (Å²) in [5.41, 5.74) is 8.46. The van der Waals surface area contributed by atoms with Gasteiger partial charge in [0.25, 0.3) is 10.0 Å². The molecule has 3 aromatic carbocycles. The number of hydrogen-bond acceptors (Lipinski definition) is 5. The number of nitrogens with one attached hydrogen (secondary N) is 1. The molecule has 9 heteroatoms. The number of nitrogens with zero attached hydrogens (tertiary/aromatic N) is 1. The van der Waals surface area contributed by atoms with E-state index in [4.69, 9.17) is 5.73 Å². The number of para-hydroxylation sites is 1. The Kier molecular flexibility index (Phi) is 9.04. The third kappa shape index (κ3) is 7.63. The fourth-order valence-electron chi connectivity index (χ4n) is 4.33. The van der Waals surface area contributed by atoms with Gasteiger partial charge in [0.2, 0.25) is 0 Å². The first-order valence-corrected chi connectivity index (χ1v) is 13.7. The maximum Gasteiger partial charge on any atom is 0.407 e. The van der Waals surface area contributed by atoms with E-state index in [1.807, 2.05) is 51.1 Å². The van der Waals surface area contributed by atoms with Crippen LogP contribution in [0.2, 0.25) is 0 Å². The van der Waals surface area contributed by atoms with Crippen molar-refractivity contribution in [2.24, 2.45) is 11.8 Å². The van der Waals surface area contributed by atoms with Gasteiger partial charge in [-0.1, -0.05) is 63.2 Å². The SMILES string of the molecule is CC(C)Cc1cc(N)ccc1S(=O)(=O)Nc1cccc(C[C@@H](C)CN(Cc2ccccc2)C(=O)O)c1O. The predicted octanol–water partition coefficient (Wildman–Crippen LogP) is 5.33. The Labute approximate surface area is 218 Å². The maximum atomic E-state index is 13.3. The summed E-state index contributed by atoms with van der Waals surface area (Å²) >= 11 is 0. The van der Waals surface area contributed by atoms with Gasteiger partial charge in [0.15, 0.2) is 0 Å². The fraction of sp³-hybridized carbons (Fsp3) is 0.321. The van der Waals surface area contributed by atoms with Crippen LogP contribution in [-0.4, -0.2) is 36.2 Å². The molecule has 1 atom stereocenters. The molecule has 198 valence electrons. The van der Waals surface area contributed by atoms with Crippen LogP contribution in [0.1, 0.15) is 37.5 Å². The topological polar surface area (TPSA) is 133 Å². The molecule has 0 heterocycles. The van der Waals surface area contributed by atoms with Gasteiger partial charge >= 0.3 is 6.09 Å². The smallest absolute Gasteiger partial charge is 0.407 e. The first-order chi connectivity index (χ1) is 17.5. The number of nitrogen functional groups attached to an aromatic ring is 1. The summed E-state index contributed by atoms with van der Waals surface area (Å²) in [6.07, 6.45) is -0.129. The molecule has 3 aromatic rings. The lowest BCUT2D eigenvalue weighted by molar-refractivity contribution is 0.134. The Balaban J connectivity index is 1.77. The number of nitrogens with two attached hydrogens (primary N) is 1. The Morgan fingerprint density at radius 3 is 2.32 bits per heavy atom. The van der Waals surface area contributed by atoms with Crippen LogP contribution in [0.5, 0.6) is 5.75 Å². The minimum atomic E-state index is -3.99. The number of hydrogen-bond donors (Lipinski definition) is 4. The molecule has 0 saturated carbocycles. The summed E-state index contributed by atoms with van der Waals surface area (Å²) in [5.74, 6) is -0.0859. The number of phenols is 1. The standard InChI is InChI=1S/C28H35N3O5S/c1-19(2)14-23-16-24(29)12-13-26(23)37(35,36)30-25-11-7-10-22(27(25)32)15-20(3)17-31(28(33)34)18-21-8-5-4-6-9-21/h4-13,16,19-20,30,32H,14-15,17-18,29H2,1-3H3,(H,33,34)/t20-/m1/s1. The van der Waals surface area contributed by atoms with Gasteiger partial charge in [-0.05, 0) is 65.6 Å². The van der Waals surface area contributed by atoms with Crippen molar-refractivity contribution in [3.8, 4) is 5.75 Å². The van der Waals surface area contributed by atoms with Crippen LogP contribution >= 0.6 is 0 Å². The Morgan fingerprint density at radius 1 is 0.973 bits per heavy atom. The fourth-order valence-corrected chi connectivity index (χ4v) is 5.63. The largest absolute Gasteiger partial charge is 0.505 e. The van der Waals surface area contributed by atoms with E-state index < -0.39 is 16.1 Å². The predicted molar refractivity (Wildman–Crippen MR) is 146 cm³/mol. The van der Waals surface area contributed by atoms with Crippen LogP contribution in [-0.2, 0) is 29.4 Å². The van der Waals surface area contributed by atoms with Crippen LogP contribution in [0.4, 0.5) is 16.2 Å². The van der Waals surface area contributed by atoms with Crippen LogP contribution in [0.15, 0.2) is 71.6 Å². The molecule has 8 nitrogen and oxygen atoms in total.